The highest BCUT2D eigenvalue weighted by Crippen LogP contribution is 2.35. The Morgan fingerprint density at radius 1 is 1.09 bits per heavy atom. The van der Waals surface area contributed by atoms with E-state index in [1.54, 1.807) is 32.0 Å². The van der Waals surface area contributed by atoms with Crippen molar-refractivity contribution >= 4 is 20.9 Å². The first-order chi connectivity index (χ1) is 16.4. The van der Waals surface area contributed by atoms with Crippen LogP contribution in [-0.4, -0.2) is 44.9 Å². The summed E-state index contributed by atoms with van der Waals surface area (Å²) in [5, 5.41) is 9.69. The van der Waals surface area contributed by atoms with E-state index >= 15 is 0 Å². The number of nitrogens with zero attached hydrogens (tertiary/aromatic N) is 5. The fraction of sp³-hybridized carbons (Fsp3) is 0.360. The molecule has 5 rings (SSSR count). The van der Waals surface area contributed by atoms with E-state index in [2.05, 4.69) is 22.3 Å². The van der Waals surface area contributed by atoms with Crippen LogP contribution in [-0.2, 0) is 16.6 Å². The molecule has 3 heterocycles. The van der Waals surface area contributed by atoms with Gasteiger partial charge in [-0.15, -0.1) is 0 Å². The Labute approximate surface area is 198 Å². The summed E-state index contributed by atoms with van der Waals surface area (Å²) in [7, 11) is -3.57. The molecule has 1 saturated heterocycles. The zero-order valence-corrected chi connectivity index (χ0v) is 20.1. The van der Waals surface area contributed by atoms with Gasteiger partial charge in [0, 0.05) is 30.7 Å². The molecule has 9 heteroatoms. The molecule has 0 N–H and O–H groups in total. The Hall–Kier alpha value is -3.04. The number of rotatable bonds is 6. The van der Waals surface area contributed by atoms with Gasteiger partial charge >= 0.3 is 0 Å². The Morgan fingerprint density at radius 2 is 1.88 bits per heavy atom. The minimum atomic E-state index is -3.57. The van der Waals surface area contributed by atoms with E-state index < -0.39 is 10.0 Å². The van der Waals surface area contributed by atoms with Crippen molar-refractivity contribution in [3.8, 4) is 5.69 Å². The van der Waals surface area contributed by atoms with Gasteiger partial charge in [0.1, 0.15) is 10.7 Å². The highest BCUT2D eigenvalue weighted by atomic mass is 32.2. The monoisotopic (exact) mass is 481 g/mol. The van der Waals surface area contributed by atoms with Gasteiger partial charge in [0.2, 0.25) is 10.0 Å². The van der Waals surface area contributed by atoms with Gasteiger partial charge < -0.3 is 0 Å². The maximum Gasteiger partial charge on any atom is 0.246 e. The molecule has 2 aromatic heterocycles. The van der Waals surface area contributed by atoms with Gasteiger partial charge in [-0.3, -0.25) is 4.68 Å². The van der Waals surface area contributed by atoms with Crippen LogP contribution in [0.25, 0.3) is 16.6 Å². The van der Waals surface area contributed by atoms with Crippen molar-refractivity contribution in [2.45, 2.75) is 56.5 Å². The van der Waals surface area contributed by atoms with E-state index in [0.29, 0.717) is 13.1 Å². The van der Waals surface area contributed by atoms with Crippen LogP contribution in [0.15, 0.2) is 66.0 Å². The van der Waals surface area contributed by atoms with Gasteiger partial charge in [-0.25, -0.2) is 17.5 Å². The lowest BCUT2D eigenvalue weighted by Crippen LogP contribution is -2.43. The van der Waals surface area contributed by atoms with Crippen LogP contribution >= 0.6 is 0 Å². The van der Waals surface area contributed by atoms with Crippen molar-refractivity contribution in [2.75, 3.05) is 6.54 Å². The molecule has 0 spiro atoms. The molecule has 34 heavy (non-hydrogen) atoms. The van der Waals surface area contributed by atoms with E-state index in [1.807, 2.05) is 26.1 Å². The normalized spacial score (nSPS) is 19.6. The van der Waals surface area contributed by atoms with Crippen molar-refractivity contribution in [3.05, 3.63) is 72.4 Å². The predicted octanol–water partition coefficient (Wildman–Crippen LogP) is 4.73. The second-order valence-electron chi connectivity index (χ2n) is 8.98. The number of piperidine rings is 1. The summed E-state index contributed by atoms with van der Waals surface area (Å²) in [4.78, 5) is 0.265. The molecular formula is C25H28FN5O2S. The largest absolute Gasteiger partial charge is 0.271 e. The van der Waals surface area contributed by atoms with Crippen molar-refractivity contribution in [2.24, 2.45) is 0 Å². The zero-order valence-electron chi connectivity index (χ0n) is 19.3. The fourth-order valence-electron chi connectivity index (χ4n) is 4.87. The molecule has 0 bridgehead atoms. The van der Waals surface area contributed by atoms with E-state index in [9.17, 15) is 12.8 Å². The Kier molecular flexibility index (Phi) is 5.99. The summed E-state index contributed by atoms with van der Waals surface area (Å²) in [6, 6.07) is 12.4. The second-order valence-corrected chi connectivity index (χ2v) is 10.9. The predicted molar refractivity (Wildman–Crippen MR) is 129 cm³/mol. The quantitative estimate of drug-likeness (QED) is 0.399. The Balaban J connectivity index is 1.34. The van der Waals surface area contributed by atoms with Crippen LogP contribution in [0, 0.1) is 5.82 Å². The summed E-state index contributed by atoms with van der Waals surface area (Å²) in [5.41, 5.74) is 2.94. The molecule has 0 saturated carbocycles. The highest BCUT2D eigenvalue weighted by molar-refractivity contribution is 7.89. The van der Waals surface area contributed by atoms with Crippen LogP contribution in [0.5, 0.6) is 0 Å². The second kappa shape index (κ2) is 8.96. The number of fused-ring (bicyclic) bond motifs is 1. The third-order valence-corrected chi connectivity index (χ3v) is 8.59. The number of hydrogen-bond donors (Lipinski definition) is 0. The maximum atomic E-state index is 13.3. The first kappa shape index (κ1) is 22.7. The Morgan fingerprint density at radius 3 is 2.62 bits per heavy atom. The number of halogens is 1. The zero-order chi connectivity index (χ0) is 23.9. The molecule has 0 unspecified atom stereocenters. The van der Waals surface area contributed by atoms with Gasteiger partial charge in [0.05, 0.1) is 23.6 Å². The molecule has 1 fully saturated rings. The van der Waals surface area contributed by atoms with Crippen molar-refractivity contribution in [1.82, 2.24) is 23.9 Å². The highest BCUT2D eigenvalue weighted by Gasteiger charge is 2.35. The average Bonchev–Trinajstić information content (AvgIpc) is 3.47. The lowest BCUT2D eigenvalue weighted by molar-refractivity contribution is 0.246. The number of sulfonamides is 1. The number of aromatic nitrogens is 4. The fourth-order valence-corrected chi connectivity index (χ4v) is 6.48. The summed E-state index contributed by atoms with van der Waals surface area (Å²) in [6.45, 7) is 5.19. The van der Waals surface area contributed by atoms with Crippen molar-refractivity contribution in [3.63, 3.8) is 0 Å². The average molecular weight is 482 g/mol. The molecule has 1 aliphatic heterocycles. The van der Waals surface area contributed by atoms with E-state index in [0.717, 1.165) is 35.9 Å². The van der Waals surface area contributed by atoms with E-state index in [-0.39, 0.29) is 22.7 Å². The molecule has 178 valence electrons. The van der Waals surface area contributed by atoms with Crippen molar-refractivity contribution < 1.29 is 12.8 Å². The number of benzene rings is 2. The van der Waals surface area contributed by atoms with Crippen LogP contribution in [0.3, 0.4) is 0 Å². The first-order valence-corrected chi connectivity index (χ1v) is 13.1. The van der Waals surface area contributed by atoms with Crippen LogP contribution in [0.2, 0.25) is 0 Å². The minimum Gasteiger partial charge on any atom is -0.271 e. The lowest BCUT2D eigenvalue weighted by atomic mass is 9.86. The van der Waals surface area contributed by atoms with Crippen LogP contribution < -0.4 is 0 Å². The summed E-state index contributed by atoms with van der Waals surface area (Å²) >= 11 is 0. The van der Waals surface area contributed by atoms with Gasteiger partial charge in [0.25, 0.3) is 0 Å². The lowest BCUT2D eigenvalue weighted by Gasteiger charge is -2.36. The smallest absolute Gasteiger partial charge is 0.246 e. The molecule has 4 aromatic rings. The molecule has 0 aliphatic carbocycles. The molecule has 2 atom stereocenters. The van der Waals surface area contributed by atoms with Crippen LogP contribution in [0.1, 0.15) is 44.6 Å². The SMILES string of the molecule is CCCn1cc(S(=O)(=O)N2CC[C@H](c3ccc4c(cnn4-c4ccc(F)cc4)c3)C[C@H]2C)cn1. The van der Waals surface area contributed by atoms with Crippen LogP contribution in [0.4, 0.5) is 4.39 Å². The standard InChI is InChI=1S/C25H28FN5O2S/c1-3-11-29-17-24(16-27-29)34(32,33)30-12-10-20(13-18(30)2)19-4-9-25-21(14-19)15-28-31(25)23-7-5-22(26)6-8-23/h4-9,14-18,20H,3,10-13H2,1-2H3/t18-,20+/m1/s1. The number of aryl methyl sites for hydroxylation is 1. The van der Waals surface area contributed by atoms with E-state index in [4.69, 9.17) is 0 Å². The van der Waals surface area contributed by atoms with Gasteiger partial charge in [-0.2, -0.15) is 14.5 Å². The third kappa shape index (κ3) is 4.14. The molecule has 1 aliphatic rings. The molecule has 2 aromatic carbocycles. The summed E-state index contributed by atoms with van der Waals surface area (Å²) in [5.74, 6) is -0.0115. The number of hydrogen-bond acceptors (Lipinski definition) is 4. The van der Waals surface area contributed by atoms with Gasteiger partial charge in [-0.1, -0.05) is 13.0 Å². The summed E-state index contributed by atoms with van der Waals surface area (Å²) < 4.78 is 44.8. The van der Waals surface area contributed by atoms with Crippen molar-refractivity contribution in [1.29, 1.82) is 0 Å². The maximum absolute atomic E-state index is 13.3. The van der Waals surface area contributed by atoms with Gasteiger partial charge in [-0.05, 0) is 74.1 Å². The topological polar surface area (TPSA) is 73.0 Å². The molecule has 7 nitrogen and oxygen atoms in total. The molecule has 0 amide bonds. The molecular weight excluding hydrogens is 453 g/mol. The van der Waals surface area contributed by atoms with E-state index in [1.165, 1.54) is 23.9 Å². The molecule has 0 radical (unpaired) electrons. The van der Waals surface area contributed by atoms with Gasteiger partial charge in [0.15, 0.2) is 0 Å². The third-order valence-electron chi connectivity index (χ3n) is 6.62. The minimum absolute atomic E-state index is 0.115. The first-order valence-electron chi connectivity index (χ1n) is 11.6. The Bertz CT molecular complexity index is 1410. The summed E-state index contributed by atoms with van der Waals surface area (Å²) in [6.07, 6.45) is 7.31.